The maximum absolute atomic E-state index is 12.8. The number of ether oxygens (including phenoxy) is 2. The van der Waals surface area contributed by atoms with Gasteiger partial charge in [0.1, 0.15) is 5.82 Å². The molecule has 114 valence electrons. The van der Waals surface area contributed by atoms with E-state index in [0.717, 1.165) is 18.4 Å². The van der Waals surface area contributed by atoms with Gasteiger partial charge in [0.05, 0.1) is 13.2 Å². The predicted molar refractivity (Wildman–Crippen MR) is 75.2 cm³/mol. The van der Waals surface area contributed by atoms with Gasteiger partial charge in [-0.25, -0.2) is 4.39 Å². The average molecular weight is 293 g/mol. The highest BCUT2D eigenvalue weighted by Gasteiger charge is 2.40. The summed E-state index contributed by atoms with van der Waals surface area (Å²) in [5.74, 6) is -0.538. The fourth-order valence-electron chi connectivity index (χ4n) is 2.94. The lowest BCUT2D eigenvalue weighted by Crippen LogP contribution is -2.47. The summed E-state index contributed by atoms with van der Waals surface area (Å²) in [5, 5.41) is 0. The molecule has 2 heterocycles. The molecule has 4 nitrogen and oxygen atoms in total. The van der Waals surface area contributed by atoms with E-state index in [1.165, 1.54) is 12.1 Å². The number of carbonyl (C=O) groups is 1. The first-order valence-corrected chi connectivity index (χ1v) is 7.47. The number of hydrogen-bond donors (Lipinski definition) is 0. The monoisotopic (exact) mass is 293 g/mol. The van der Waals surface area contributed by atoms with Gasteiger partial charge in [-0.2, -0.15) is 0 Å². The van der Waals surface area contributed by atoms with Crippen LogP contribution in [0.15, 0.2) is 24.3 Å². The van der Waals surface area contributed by atoms with E-state index in [1.807, 2.05) is 4.90 Å². The molecule has 0 saturated carbocycles. The Morgan fingerprint density at radius 3 is 2.38 bits per heavy atom. The van der Waals surface area contributed by atoms with E-state index in [0.29, 0.717) is 39.1 Å². The Kier molecular flexibility index (Phi) is 4.22. The Balaban J connectivity index is 1.47. The molecule has 2 saturated heterocycles. The molecule has 0 aliphatic carbocycles. The first kappa shape index (κ1) is 14.5. The molecule has 5 heteroatoms. The SMILES string of the molecule is O=C(CCc1ccc(F)cc1)N1CCC2(CC1)OCCO2. The number of amides is 1. The van der Waals surface area contributed by atoms with Crippen molar-refractivity contribution in [3.63, 3.8) is 0 Å². The van der Waals surface area contributed by atoms with E-state index in [9.17, 15) is 9.18 Å². The molecule has 1 spiro atoms. The summed E-state index contributed by atoms with van der Waals surface area (Å²) >= 11 is 0. The van der Waals surface area contributed by atoms with Crippen LogP contribution in [0.2, 0.25) is 0 Å². The van der Waals surface area contributed by atoms with Crippen LogP contribution >= 0.6 is 0 Å². The molecule has 0 N–H and O–H groups in total. The van der Waals surface area contributed by atoms with Crippen LogP contribution in [-0.2, 0) is 20.7 Å². The van der Waals surface area contributed by atoms with Gasteiger partial charge < -0.3 is 14.4 Å². The molecule has 0 bridgehead atoms. The third-order valence-electron chi connectivity index (χ3n) is 4.23. The number of hydrogen-bond acceptors (Lipinski definition) is 3. The molecule has 3 rings (SSSR count). The molecule has 0 radical (unpaired) electrons. The minimum Gasteiger partial charge on any atom is -0.347 e. The van der Waals surface area contributed by atoms with Crippen molar-refractivity contribution in [1.82, 2.24) is 4.90 Å². The van der Waals surface area contributed by atoms with Crippen LogP contribution in [-0.4, -0.2) is 42.9 Å². The molecule has 2 aliphatic heterocycles. The summed E-state index contributed by atoms with van der Waals surface area (Å²) in [4.78, 5) is 14.1. The lowest BCUT2D eigenvalue weighted by molar-refractivity contribution is -0.187. The van der Waals surface area contributed by atoms with Crippen LogP contribution in [0.3, 0.4) is 0 Å². The van der Waals surface area contributed by atoms with Gasteiger partial charge >= 0.3 is 0 Å². The maximum Gasteiger partial charge on any atom is 0.222 e. The number of nitrogens with zero attached hydrogens (tertiary/aromatic N) is 1. The van der Waals surface area contributed by atoms with Crippen LogP contribution in [0.4, 0.5) is 4.39 Å². The fraction of sp³-hybridized carbons (Fsp3) is 0.562. The molecule has 2 aliphatic rings. The number of aryl methyl sites for hydroxylation is 1. The molecular weight excluding hydrogens is 273 g/mol. The highest BCUT2D eigenvalue weighted by atomic mass is 19.1. The summed E-state index contributed by atoms with van der Waals surface area (Å²) in [6.45, 7) is 2.67. The van der Waals surface area contributed by atoms with Crippen LogP contribution in [0, 0.1) is 5.82 Å². The quantitative estimate of drug-likeness (QED) is 0.857. The number of likely N-dealkylation sites (tertiary alicyclic amines) is 1. The van der Waals surface area contributed by atoms with Crippen LogP contribution in [0.5, 0.6) is 0 Å². The van der Waals surface area contributed by atoms with E-state index in [4.69, 9.17) is 9.47 Å². The average Bonchev–Trinajstić information content (AvgIpc) is 2.95. The normalized spacial score (nSPS) is 20.9. The second-order valence-corrected chi connectivity index (χ2v) is 5.61. The summed E-state index contributed by atoms with van der Waals surface area (Å²) in [6, 6.07) is 6.32. The van der Waals surface area contributed by atoms with Crippen LogP contribution in [0.25, 0.3) is 0 Å². The molecule has 1 aromatic carbocycles. The van der Waals surface area contributed by atoms with Gasteiger partial charge in [0.15, 0.2) is 5.79 Å². The number of carbonyl (C=O) groups excluding carboxylic acids is 1. The molecule has 0 aromatic heterocycles. The number of piperidine rings is 1. The van der Waals surface area contributed by atoms with E-state index < -0.39 is 5.79 Å². The zero-order chi connectivity index (χ0) is 14.7. The second-order valence-electron chi connectivity index (χ2n) is 5.61. The first-order chi connectivity index (χ1) is 10.2. The summed E-state index contributed by atoms with van der Waals surface area (Å²) in [5.41, 5.74) is 0.987. The third kappa shape index (κ3) is 3.41. The number of rotatable bonds is 3. The Morgan fingerprint density at radius 1 is 1.14 bits per heavy atom. The molecule has 1 aromatic rings. The molecule has 0 atom stereocenters. The Bertz CT molecular complexity index is 487. The Morgan fingerprint density at radius 2 is 1.76 bits per heavy atom. The van der Waals surface area contributed by atoms with Crippen LogP contribution < -0.4 is 0 Å². The predicted octanol–water partition coefficient (Wildman–Crippen LogP) is 2.12. The second kappa shape index (κ2) is 6.12. The maximum atomic E-state index is 12.8. The van der Waals surface area contributed by atoms with Crippen molar-refractivity contribution in [2.75, 3.05) is 26.3 Å². The van der Waals surface area contributed by atoms with Gasteiger partial charge in [-0.15, -0.1) is 0 Å². The van der Waals surface area contributed by atoms with Crippen molar-refractivity contribution in [3.05, 3.63) is 35.6 Å². The standard InChI is InChI=1S/C16H20FNO3/c17-14-4-1-13(2-5-14)3-6-15(19)18-9-7-16(8-10-18)20-11-12-21-16/h1-2,4-5H,3,6-12H2. The highest BCUT2D eigenvalue weighted by molar-refractivity contribution is 5.76. The Hall–Kier alpha value is -1.46. The number of benzene rings is 1. The van der Waals surface area contributed by atoms with Crippen molar-refractivity contribution in [2.45, 2.75) is 31.5 Å². The van der Waals surface area contributed by atoms with Crippen molar-refractivity contribution in [2.24, 2.45) is 0 Å². The summed E-state index contributed by atoms with van der Waals surface area (Å²) < 4.78 is 24.1. The van der Waals surface area contributed by atoms with E-state index in [1.54, 1.807) is 12.1 Å². The number of halogens is 1. The minimum absolute atomic E-state index is 0.146. The Labute approximate surface area is 123 Å². The highest BCUT2D eigenvalue weighted by Crippen LogP contribution is 2.31. The van der Waals surface area contributed by atoms with Gasteiger partial charge in [0.2, 0.25) is 5.91 Å². The van der Waals surface area contributed by atoms with E-state index >= 15 is 0 Å². The van der Waals surface area contributed by atoms with Gasteiger partial charge in [0.25, 0.3) is 0 Å². The summed E-state index contributed by atoms with van der Waals surface area (Å²) in [6.07, 6.45) is 2.60. The molecular formula is C16H20FNO3. The van der Waals surface area contributed by atoms with Crippen molar-refractivity contribution in [1.29, 1.82) is 0 Å². The lowest BCUT2D eigenvalue weighted by atomic mass is 10.0. The zero-order valence-electron chi connectivity index (χ0n) is 12.0. The third-order valence-corrected chi connectivity index (χ3v) is 4.23. The van der Waals surface area contributed by atoms with E-state index in [-0.39, 0.29) is 11.7 Å². The molecule has 0 unspecified atom stereocenters. The first-order valence-electron chi connectivity index (χ1n) is 7.47. The van der Waals surface area contributed by atoms with Gasteiger partial charge in [-0.05, 0) is 24.1 Å². The van der Waals surface area contributed by atoms with Gasteiger partial charge in [0, 0.05) is 32.4 Å². The summed E-state index contributed by atoms with van der Waals surface area (Å²) in [7, 11) is 0. The lowest BCUT2D eigenvalue weighted by Gasteiger charge is -2.37. The fourth-order valence-corrected chi connectivity index (χ4v) is 2.94. The molecule has 2 fully saturated rings. The van der Waals surface area contributed by atoms with Crippen molar-refractivity contribution >= 4 is 5.91 Å². The van der Waals surface area contributed by atoms with Crippen molar-refractivity contribution in [3.8, 4) is 0 Å². The van der Waals surface area contributed by atoms with Crippen LogP contribution in [0.1, 0.15) is 24.8 Å². The molecule has 21 heavy (non-hydrogen) atoms. The topological polar surface area (TPSA) is 38.8 Å². The van der Waals surface area contributed by atoms with Gasteiger partial charge in [-0.3, -0.25) is 4.79 Å². The zero-order valence-corrected chi connectivity index (χ0v) is 12.0. The largest absolute Gasteiger partial charge is 0.347 e. The van der Waals surface area contributed by atoms with Crippen molar-refractivity contribution < 1.29 is 18.7 Å². The molecule has 1 amide bonds. The van der Waals surface area contributed by atoms with E-state index in [2.05, 4.69) is 0 Å². The minimum atomic E-state index is -0.437. The van der Waals surface area contributed by atoms with Gasteiger partial charge in [-0.1, -0.05) is 12.1 Å². The smallest absolute Gasteiger partial charge is 0.222 e.